The van der Waals surface area contributed by atoms with E-state index >= 15 is 0 Å². The number of rotatable bonds is 7. The molecule has 0 radical (unpaired) electrons. The summed E-state index contributed by atoms with van der Waals surface area (Å²) in [5.74, 6) is -0.822. The molecule has 8 heteroatoms. The molecule has 3 N–H and O–H groups in total. The van der Waals surface area contributed by atoms with Crippen LogP contribution in [0.1, 0.15) is 67.3 Å². The molecule has 30 heavy (non-hydrogen) atoms. The van der Waals surface area contributed by atoms with E-state index in [2.05, 4.69) is 5.32 Å². The van der Waals surface area contributed by atoms with Gasteiger partial charge < -0.3 is 11.1 Å². The molecule has 1 heterocycles. The van der Waals surface area contributed by atoms with Gasteiger partial charge in [-0.15, -0.1) is 0 Å². The van der Waals surface area contributed by atoms with Crippen molar-refractivity contribution in [3.05, 3.63) is 35.4 Å². The third kappa shape index (κ3) is 4.12. The fraction of sp³-hybridized carbons (Fsp3) is 0.636. The molecular weight excluding hydrogens is 402 g/mol. The Hall–Kier alpha value is -1.93. The van der Waals surface area contributed by atoms with Crippen LogP contribution in [0.5, 0.6) is 0 Å². The van der Waals surface area contributed by atoms with Crippen molar-refractivity contribution >= 4 is 21.7 Å². The Morgan fingerprint density at radius 3 is 2.27 bits per heavy atom. The minimum atomic E-state index is -3.28. The number of carbonyl (C=O) groups excluding carboxylic acids is 2. The van der Waals surface area contributed by atoms with E-state index in [0.29, 0.717) is 24.8 Å². The first kappa shape index (κ1) is 21.3. The number of nitrogens with two attached hydrogens (primary N) is 1. The lowest BCUT2D eigenvalue weighted by Crippen LogP contribution is -2.47. The van der Waals surface area contributed by atoms with Crippen LogP contribution in [0.25, 0.3) is 0 Å². The largest absolute Gasteiger partial charge is 0.369 e. The van der Waals surface area contributed by atoms with Crippen LogP contribution in [0.4, 0.5) is 0 Å². The molecule has 2 saturated carbocycles. The van der Waals surface area contributed by atoms with Crippen molar-refractivity contribution in [2.24, 2.45) is 11.7 Å². The van der Waals surface area contributed by atoms with Gasteiger partial charge >= 0.3 is 0 Å². The van der Waals surface area contributed by atoms with Gasteiger partial charge in [-0.1, -0.05) is 25.0 Å². The van der Waals surface area contributed by atoms with E-state index in [1.165, 1.54) is 0 Å². The van der Waals surface area contributed by atoms with Gasteiger partial charge in [-0.3, -0.25) is 14.5 Å². The highest BCUT2D eigenvalue weighted by Gasteiger charge is 2.55. The van der Waals surface area contributed by atoms with Crippen LogP contribution in [-0.2, 0) is 19.4 Å². The number of hydrogen-bond acceptors (Lipinski definition) is 5. The van der Waals surface area contributed by atoms with E-state index in [9.17, 15) is 18.0 Å². The summed E-state index contributed by atoms with van der Waals surface area (Å²) in [6.07, 6.45) is 6.75. The first-order chi connectivity index (χ1) is 14.3. The van der Waals surface area contributed by atoms with Gasteiger partial charge in [0.05, 0.1) is 10.7 Å². The van der Waals surface area contributed by atoms with E-state index in [1.54, 1.807) is 24.3 Å². The maximum atomic E-state index is 13.1. The van der Waals surface area contributed by atoms with Gasteiger partial charge in [0.1, 0.15) is 5.88 Å². The quantitative estimate of drug-likeness (QED) is 0.683. The molecule has 1 aliphatic heterocycles. The van der Waals surface area contributed by atoms with Crippen LogP contribution in [0.2, 0.25) is 0 Å². The summed E-state index contributed by atoms with van der Waals surface area (Å²) >= 11 is 0. The number of carbonyl (C=O) groups is 2. The van der Waals surface area contributed by atoms with Crippen molar-refractivity contribution in [1.82, 2.24) is 10.2 Å². The van der Waals surface area contributed by atoms with Crippen LogP contribution in [0.3, 0.4) is 0 Å². The van der Waals surface area contributed by atoms with E-state index in [0.717, 1.165) is 50.8 Å². The topological polar surface area (TPSA) is 110 Å². The molecule has 3 aliphatic rings. The van der Waals surface area contributed by atoms with Crippen LogP contribution < -0.4 is 11.1 Å². The molecule has 1 aromatic carbocycles. The van der Waals surface area contributed by atoms with Crippen molar-refractivity contribution < 1.29 is 18.0 Å². The summed E-state index contributed by atoms with van der Waals surface area (Å²) < 4.78 is 25.4. The summed E-state index contributed by atoms with van der Waals surface area (Å²) in [5, 5.41) is 2.95. The van der Waals surface area contributed by atoms with Crippen LogP contribution >= 0.6 is 0 Å². The van der Waals surface area contributed by atoms with E-state index in [4.69, 9.17) is 5.73 Å². The van der Waals surface area contributed by atoms with Gasteiger partial charge in [-0.2, -0.15) is 0 Å². The van der Waals surface area contributed by atoms with E-state index in [1.807, 2.05) is 4.90 Å². The fourth-order valence-electron chi connectivity index (χ4n) is 4.99. The molecule has 164 valence electrons. The zero-order chi connectivity index (χ0) is 21.4. The molecule has 7 nitrogen and oxygen atoms in total. The highest BCUT2D eigenvalue weighted by molar-refractivity contribution is 7.92. The highest BCUT2D eigenvalue weighted by atomic mass is 32.2. The minimum Gasteiger partial charge on any atom is -0.369 e. The Bertz CT molecular complexity index is 903. The standard InChI is InChI=1S/C22H31N3O4S/c23-20(26)18-5-1-2-6-19(18)24-21(27)16-7-9-17(10-8-16)22(11-12-22)30(28,29)15-25-13-3-4-14-25/h7-10,18-19H,1-6,11-15H2,(H2,23,26)(H,24,27). The number of sulfone groups is 1. The summed E-state index contributed by atoms with van der Waals surface area (Å²) in [5.41, 5.74) is 6.74. The average molecular weight is 434 g/mol. The molecule has 2 unspecified atom stereocenters. The van der Waals surface area contributed by atoms with Gasteiger partial charge in [0.2, 0.25) is 5.91 Å². The number of hydrogen-bond donors (Lipinski definition) is 2. The lowest BCUT2D eigenvalue weighted by atomic mass is 9.84. The molecule has 1 saturated heterocycles. The van der Waals surface area contributed by atoms with Crippen LogP contribution in [0, 0.1) is 5.92 Å². The first-order valence-corrected chi connectivity index (χ1v) is 12.6. The summed E-state index contributed by atoms with van der Waals surface area (Å²) in [7, 11) is -3.28. The molecule has 2 amide bonds. The SMILES string of the molecule is NC(=O)C1CCCCC1NC(=O)c1ccc(C2(S(=O)(=O)CN3CCCC3)CC2)cc1. The number of nitrogens with zero attached hydrogens (tertiary/aromatic N) is 1. The first-order valence-electron chi connectivity index (χ1n) is 11.0. The Morgan fingerprint density at radius 1 is 1.03 bits per heavy atom. The maximum Gasteiger partial charge on any atom is 0.251 e. The van der Waals surface area contributed by atoms with Gasteiger partial charge in [-0.05, 0) is 69.3 Å². The molecule has 1 aromatic rings. The third-order valence-corrected chi connectivity index (χ3v) is 9.51. The molecule has 0 spiro atoms. The van der Waals surface area contributed by atoms with Crippen molar-refractivity contribution in [2.75, 3.05) is 19.0 Å². The number of amides is 2. The normalized spacial score (nSPS) is 26.3. The monoisotopic (exact) mass is 433 g/mol. The smallest absolute Gasteiger partial charge is 0.251 e. The Morgan fingerprint density at radius 2 is 1.67 bits per heavy atom. The fourth-order valence-corrected chi connectivity index (χ4v) is 7.19. The highest BCUT2D eigenvalue weighted by Crippen LogP contribution is 2.53. The van der Waals surface area contributed by atoms with E-state index < -0.39 is 14.6 Å². The summed E-state index contributed by atoms with van der Waals surface area (Å²) in [4.78, 5) is 26.4. The lowest BCUT2D eigenvalue weighted by molar-refractivity contribution is -0.123. The predicted octanol–water partition coefficient (Wildman–Crippen LogP) is 1.92. The second kappa shape index (κ2) is 8.30. The maximum absolute atomic E-state index is 13.1. The molecule has 2 aliphatic carbocycles. The van der Waals surface area contributed by atoms with Crippen molar-refractivity contribution in [2.45, 2.75) is 62.2 Å². The summed E-state index contributed by atoms with van der Waals surface area (Å²) in [6, 6.07) is 6.70. The molecule has 4 rings (SSSR count). The van der Waals surface area contributed by atoms with Crippen molar-refractivity contribution in [3.63, 3.8) is 0 Å². The van der Waals surface area contributed by atoms with Gasteiger partial charge in [0.25, 0.3) is 5.91 Å². The lowest BCUT2D eigenvalue weighted by Gasteiger charge is -2.30. The summed E-state index contributed by atoms with van der Waals surface area (Å²) in [6.45, 7) is 1.70. The Kier molecular flexibility index (Phi) is 5.90. The van der Waals surface area contributed by atoms with Gasteiger partial charge in [-0.25, -0.2) is 8.42 Å². The average Bonchev–Trinajstić information content (AvgIpc) is 3.41. The number of primary amides is 1. The van der Waals surface area contributed by atoms with Gasteiger partial charge in [0.15, 0.2) is 9.84 Å². The van der Waals surface area contributed by atoms with Crippen molar-refractivity contribution in [1.29, 1.82) is 0 Å². The molecule has 0 bridgehead atoms. The predicted molar refractivity (Wildman–Crippen MR) is 114 cm³/mol. The molecule has 3 fully saturated rings. The zero-order valence-electron chi connectivity index (χ0n) is 17.3. The second-order valence-electron chi connectivity index (χ2n) is 9.01. The van der Waals surface area contributed by atoms with E-state index in [-0.39, 0.29) is 29.7 Å². The van der Waals surface area contributed by atoms with Crippen LogP contribution in [0.15, 0.2) is 24.3 Å². The number of benzene rings is 1. The Balaban J connectivity index is 1.44. The Labute approximate surface area is 178 Å². The van der Waals surface area contributed by atoms with Gasteiger partial charge in [0, 0.05) is 11.6 Å². The molecular formula is C22H31N3O4S. The third-order valence-electron chi connectivity index (χ3n) is 6.97. The number of nitrogens with one attached hydrogen (secondary N) is 1. The zero-order valence-corrected chi connectivity index (χ0v) is 18.1. The van der Waals surface area contributed by atoms with Crippen LogP contribution in [-0.4, -0.2) is 50.1 Å². The second-order valence-corrected chi connectivity index (χ2v) is 11.3. The van der Waals surface area contributed by atoms with Crippen molar-refractivity contribution in [3.8, 4) is 0 Å². The number of likely N-dealkylation sites (tertiary alicyclic amines) is 1. The molecule has 0 aromatic heterocycles. The minimum absolute atomic E-state index is 0.116. The molecule has 2 atom stereocenters.